The first-order valence-corrected chi connectivity index (χ1v) is 24.3. The second-order valence-electron chi connectivity index (χ2n) is 19.7. The number of anilines is 1. The zero-order valence-corrected chi connectivity index (χ0v) is 38.9. The molecule has 16 heteroatoms. The van der Waals surface area contributed by atoms with E-state index < -0.39 is 25.7 Å². The number of piperazine rings is 1. The highest BCUT2D eigenvalue weighted by Crippen LogP contribution is 2.44. The number of aromatic amines is 1. The SMILES string of the molecule is CC1(C)CCC(CN2CCN(c3ccc(C(=O)NS(=O)(=O)c4cc5c(c([N+](=O)[O-])c4)C[C@@H](CCN4CC(C)(C)C4)CO5)c(Oc4cnc5[nH]ccc5c4)c3)CC2)=C(c2ccc(Cl)cc2)C1. The molecular weight excluding hydrogens is 866 g/mol. The first-order chi connectivity index (χ1) is 31.0. The molecule has 0 unspecified atom stereocenters. The zero-order chi connectivity index (χ0) is 45.7. The lowest BCUT2D eigenvalue weighted by atomic mass is 9.72. The number of sulfonamides is 1. The Bertz CT molecular complexity index is 2770. The van der Waals surface area contributed by atoms with Crippen molar-refractivity contribution in [3.05, 3.63) is 117 Å². The van der Waals surface area contributed by atoms with Crippen molar-refractivity contribution in [2.75, 3.05) is 63.9 Å². The molecule has 5 heterocycles. The van der Waals surface area contributed by atoms with E-state index in [4.69, 9.17) is 21.1 Å². The summed E-state index contributed by atoms with van der Waals surface area (Å²) in [6, 6.07) is 19.2. The fraction of sp³-hybridized carbons (Fsp3) is 0.429. The van der Waals surface area contributed by atoms with E-state index in [1.165, 1.54) is 29.0 Å². The van der Waals surface area contributed by atoms with Crippen molar-refractivity contribution in [3.63, 3.8) is 0 Å². The molecule has 14 nitrogen and oxygen atoms in total. The van der Waals surface area contributed by atoms with Crippen LogP contribution in [0, 0.1) is 26.9 Å². The van der Waals surface area contributed by atoms with Crippen LogP contribution in [0.3, 0.4) is 0 Å². The molecule has 0 radical (unpaired) electrons. The van der Waals surface area contributed by atoms with Gasteiger partial charge in [-0.15, -0.1) is 0 Å². The molecule has 2 N–H and O–H groups in total. The summed E-state index contributed by atoms with van der Waals surface area (Å²) in [6.45, 7) is 16.3. The fourth-order valence-corrected chi connectivity index (χ4v) is 11.0. The van der Waals surface area contributed by atoms with Crippen molar-refractivity contribution >= 4 is 55.5 Å². The summed E-state index contributed by atoms with van der Waals surface area (Å²) in [5, 5.41) is 13.9. The standard InChI is InChI=1S/C49H56ClN7O7S/c1-48(2)14-11-35(42(26-48)33-5-7-36(50)8-6-33)28-54-17-19-56(20-18-54)37-9-10-40(45(23-37)64-38-22-34-12-15-51-46(34)52-27-38)47(58)53-65(61,62)39-24-43(57(59)60)41-21-32(29-63-44(41)25-39)13-16-55-30-49(3,4)31-55/h5-10,12,15,22-25,27,32H,11,13-14,16-21,26,28-31H2,1-4H3,(H,51,52)(H,53,58)/t32-/m1/s1. The van der Waals surface area contributed by atoms with Gasteiger partial charge in [0.15, 0.2) is 0 Å². The summed E-state index contributed by atoms with van der Waals surface area (Å²) in [7, 11) is -4.62. The van der Waals surface area contributed by atoms with Crippen LogP contribution in [-0.2, 0) is 16.4 Å². The monoisotopic (exact) mass is 921 g/mol. The first kappa shape index (κ1) is 44.7. The number of hydrogen-bond acceptors (Lipinski definition) is 11. The Hall–Kier alpha value is -5.48. The van der Waals surface area contributed by atoms with Gasteiger partial charge in [-0.2, -0.15) is 0 Å². The fourth-order valence-electron chi connectivity index (χ4n) is 9.90. The molecule has 4 aliphatic rings. The number of halogens is 1. The Balaban J connectivity index is 0.926. The number of rotatable bonds is 13. The number of carbonyl (C=O) groups is 1. The van der Waals surface area contributed by atoms with E-state index in [0.717, 1.165) is 100 Å². The van der Waals surface area contributed by atoms with Crippen molar-refractivity contribution in [2.24, 2.45) is 16.7 Å². The average molecular weight is 923 g/mol. The maximum absolute atomic E-state index is 14.1. The van der Waals surface area contributed by atoms with Gasteiger partial charge in [0.2, 0.25) is 0 Å². The molecule has 65 heavy (non-hydrogen) atoms. The van der Waals surface area contributed by atoms with Crippen molar-refractivity contribution in [1.82, 2.24) is 24.5 Å². The molecule has 2 saturated heterocycles. The van der Waals surface area contributed by atoms with Crippen LogP contribution in [0.25, 0.3) is 16.6 Å². The zero-order valence-electron chi connectivity index (χ0n) is 37.4. The third kappa shape index (κ3) is 10.0. The summed E-state index contributed by atoms with van der Waals surface area (Å²) in [4.78, 5) is 40.0. The highest BCUT2D eigenvalue weighted by Gasteiger charge is 2.36. The van der Waals surface area contributed by atoms with Crippen molar-refractivity contribution in [1.29, 1.82) is 0 Å². The Morgan fingerprint density at radius 2 is 1.77 bits per heavy atom. The molecule has 1 atom stereocenters. The number of nitrogens with zero attached hydrogens (tertiary/aromatic N) is 5. The molecule has 2 fully saturated rings. The predicted octanol–water partition coefficient (Wildman–Crippen LogP) is 9.10. The lowest BCUT2D eigenvalue weighted by Gasteiger charge is -2.46. The van der Waals surface area contributed by atoms with E-state index in [1.54, 1.807) is 30.5 Å². The van der Waals surface area contributed by atoms with Gasteiger partial charge in [-0.1, -0.05) is 57.0 Å². The largest absolute Gasteiger partial charge is 0.493 e. The average Bonchev–Trinajstić information content (AvgIpc) is 3.73. The Kier molecular flexibility index (Phi) is 12.2. The van der Waals surface area contributed by atoms with Gasteiger partial charge in [0.1, 0.15) is 22.9 Å². The number of allylic oxidation sites excluding steroid dienone is 1. The highest BCUT2D eigenvalue weighted by atomic mass is 35.5. The molecule has 342 valence electrons. The molecular formula is C49H56ClN7O7S. The number of pyridine rings is 1. The van der Waals surface area contributed by atoms with Gasteiger partial charge in [-0.25, -0.2) is 18.1 Å². The summed E-state index contributed by atoms with van der Waals surface area (Å²) in [5.74, 6) is -0.291. The number of fused-ring (bicyclic) bond motifs is 2. The van der Waals surface area contributed by atoms with E-state index in [1.807, 2.05) is 18.2 Å². The third-order valence-electron chi connectivity index (χ3n) is 13.4. The number of nitro groups is 1. The summed E-state index contributed by atoms with van der Waals surface area (Å²) in [6.07, 6.45) is 7.69. The van der Waals surface area contributed by atoms with E-state index in [2.05, 4.69) is 69.2 Å². The van der Waals surface area contributed by atoms with Gasteiger partial charge < -0.3 is 24.3 Å². The number of benzene rings is 3. The Morgan fingerprint density at radius 1 is 1.00 bits per heavy atom. The molecule has 2 aromatic heterocycles. The summed E-state index contributed by atoms with van der Waals surface area (Å²) < 4.78 is 42.4. The molecule has 3 aromatic carbocycles. The van der Waals surface area contributed by atoms with Crippen molar-refractivity contribution in [3.8, 4) is 17.2 Å². The lowest BCUT2D eigenvalue weighted by molar-refractivity contribution is -0.386. The van der Waals surface area contributed by atoms with Crippen LogP contribution < -0.4 is 19.1 Å². The van der Waals surface area contributed by atoms with Crippen LogP contribution in [0.5, 0.6) is 17.2 Å². The van der Waals surface area contributed by atoms with Crippen LogP contribution in [0.2, 0.25) is 5.02 Å². The molecule has 9 rings (SSSR count). The molecule has 0 saturated carbocycles. The van der Waals surface area contributed by atoms with Crippen LogP contribution in [0.15, 0.2) is 89.6 Å². The van der Waals surface area contributed by atoms with Gasteiger partial charge in [0.25, 0.3) is 21.6 Å². The van der Waals surface area contributed by atoms with Crippen molar-refractivity contribution < 1.29 is 27.6 Å². The maximum Gasteiger partial charge on any atom is 0.277 e. The second-order valence-corrected chi connectivity index (χ2v) is 21.8. The Labute approximate surface area is 385 Å². The Morgan fingerprint density at radius 3 is 2.51 bits per heavy atom. The lowest BCUT2D eigenvalue weighted by Crippen LogP contribution is -2.53. The predicted molar refractivity (Wildman–Crippen MR) is 253 cm³/mol. The maximum atomic E-state index is 14.1. The quantitative estimate of drug-likeness (QED) is 0.0856. The first-order valence-electron chi connectivity index (χ1n) is 22.4. The van der Waals surface area contributed by atoms with Crippen LogP contribution in [-0.4, -0.2) is 98.0 Å². The number of likely N-dealkylation sites (tertiary alicyclic amines) is 1. The number of nitrogens with one attached hydrogen (secondary N) is 2. The molecule has 0 spiro atoms. The number of amides is 1. The normalized spacial score (nSPS) is 19.9. The van der Waals surface area contributed by atoms with E-state index >= 15 is 0 Å². The molecule has 3 aliphatic heterocycles. The van der Waals surface area contributed by atoms with E-state index in [9.17, 15) is 23.3 Å². The number of nitro benzene ring substituents is 1. The van der Waals surface area contributed by atoms with Crippen molar-refractivity contribution in [2.45, 2.75) is 64.7 Å². The number of H-pyrrole nitrogens is 1. The second kappa shape index (κ2) is 17.7. The number of hydrogen-bond donors (Lipinski definition) is 2. The molecule has 0 bridgehead atoms. The number of ether oxygens (including phenoxy) is 2. The van der Waals surface area contributed by atoms with Crippen LogP contribution >= 0.6 is 11.6 Å². The summed E-state index contributed by atoms with van der Waals surface area (Å²) in [5.41, 5.74) is 6.07. The van der Waals surface area contributed by atoms with E-state index in [0.29, 0.717) is 35.4 Å². The molecule has 1 aliphatic carbocycles. The minimum Gasteiger partial charge on any atom is -0.493 e. The number of aromatic nitrogens is 2. The molecule has 1 amide bonds. The van der Waals surface area contributed by atoms with Gasteiger partial charge in [-0.3, -0.25) is 19.8 Å². The third-order valence-corrected chi connectivity index (χ3v) is 14.9. The minimum atomic E-state index is -4.62. The minimum absolute atomic E-state index is 0.0378. The molecule has 5 aromatic rings. The smallest absolute Gasteiger partial charge is 0.277 e. The summed E-state index contributed by atoms with van der Waals surface area (Å²) >= 11 is 6.25. The van der Waals surface area contributed by atoms with Crippen LogP contribution in [0.4, 0.5) is 11.4 Å². The van der Waals surface area contributed by atoms with Gasteiger partial charge in [0, 0.05) is 86.3 Å². The van der Waals surface area contributed by atoms with Gasteiger partial charge in [-0.05, 0) is 103 Å². The number of carbonyl (C=O) groups excluding carboxylic acids is 1. The topological polar surface area (TPSA) is 163 Å². The van der Waals surface area contributed by atoms with E-state index in [-0.39, 0.29) is 34.1 Å². The highest BCUT2D eigenvalue weighted by molar-refractivity contribution is 7.90. The van der Waals surface area contributed by atoms with Gasteiger partial charge >= 0.3 is 0 Å². The van der Waals surface area contributed by atoms with Crippen LogP contribution in [0.1, 0.15) is 74.9 Å². The van der Waals surface area contributed by atoms with Gasteiger partial charge in [0.05, 0.1) is 33.7 Å².